The van der Waals surface area contributed by atoms with E-state index in [1.54, 1.807) is 30.3 Å². The number of halogens is 1. The number of rotatable bonds is 5. The molecular formula is C17H15BrO3. The number of allylic oxidation sites excluding steroid dienone is 1. The summed E-state index contributed by atoms with van der Waals surface area (Å²) in [5.41, 5.74) is 1.40. The van der Waals surface area contributed by atoms with E-state index in [0.29, 0.717) is 17.9 Å². The van der Waals surface area contributed by atoms with Crippen molar-refractivity contribution in [3.05, 3.63) is 64.1 Å². The van der Waals surface area contributed by atoms with Crippen molar-refractivity contribution in [3.8, 4) is 11.5 Å². The fourth-order valence-corrected chi connectivity index (χ4v) is 2.31. The molecule has 2 aromatic carbocycles. The third-order valence-electron chi connectivity index (χ3n) is 2.85. The van der Waals surface area contributed by atoms with Gasteiger partial charge in [-0.25, -0.2) is 0 Å². The molecule has 0 saturated heterocycles. The predicted molar refractivity (Wildman–Crippen MR) is 86.8 cm³/mol. The lowest BCUT2D eigenvalue weighted by molar-refractivity contribution is 0.104. The highest BCUT2D eigenvalue weighted by Gasteiger charge is 2.06. The highest BCUT2D eigenvalue weighted by molar-refractivity contribution is 9.10. The summed E-state index contributed by atoms with van der Waals surface area (Å²) in [6.07, 6.45) is 3.20. The van der Waals surface area contributed by atoms with Crippen LogP contribution >= 0.6 is 15.9 Å². The van der Waals surface area contributed by atoms with Gasteiger partial charge in [-0.05, 0) is 42.8 Å². The number of aromatic hydroxyl groups is 1. The Morgan fingerprint density at radius 2 is 2.05 bits per heavy atom. The van der Waals surface area contributed by atoms with E-state index in [2.05, 4.69) is 15.9 Å². The summed E-state index contributed by atoms with van der Waals surface area (Å²) in [6.45, 7) is 2.31. The molecule has 3 nitrogen and oxygen atoms in total. The molecule has 0 spiro atoms. The van der Waals surface area contributed by atoms with Crippen LogP contribution in [0.4, 0.5) is 0 Å². The number of benzene rings is 2. The first-order chi connectivity index (χ1) is 10.1. The maximum atomic E-state index is 12.1. The Hall–Kier alpha value is -2.07. The number of phenols is 1. The molecule has 2 aromatic rings. The molecule has 0 heterocycles. The second-order valence-electron chi connectivity index (χ2n) is 4.34. The van der Waals surface area contributed by atoms with E-state index in [1.165, 1.54) is 6.08 Å². The lowest BCUT2D eigenvalue weighted by atomic mass is 10.1. The van der Waals surface area contributed by atoms with Gasteiger partial charge in [0.05, 0.1) is 6.61 Å². The van der Waals surface area contributed by atoms with Crippen molar-refractivity contribution in [1.29, 1.82) is 0 Å². The number of hydrogen-bond acceptors (Lipinski definition) is 3. The molecule has 0 radical (unpaired) electrons. The predicted octanol–water partition coefficient (Wildman–Crippen LogP) is 4.45. The molecular weight excluding hydrogens is 332 g/mol. The van der Waals surface area contributed by atoms with Gasteiger partial charge in [0.2, 0.25) is 0 Å². The van der Waals surface area contributed by atoms with Crippen LogP contribution in [0.3, 0.4) is 0 Å². The van der Waals surface area contributed by atoms with Crippen LogP contribution in [0.5, 0.6) is 11.5 Å². The number of carbonyl (C=O) groups excluding carboxylic acids is 1. The molecule has 0 atom stereocenters. The first kappa shape index (κ1) is 15.3. The van der Waals surface area contributed by atoms with Crippen LogP contribution in [-0.4, -0.2) is 17.5 Å². The molecule has 0 aliphatic heterocycles. The maximum Gasteiger partial charge on any atom is 0.186 e. The summed E-state index contributed by atoms with van der Waals surface area (Å²) in [4.78, 5) is 12.1. The van der Waals surface area contributed by atoms with Crippen molar-refractivity contribution in [2.45, 2.75) is 6.92 Å². The van der Waals surface area contributed by atoms with Gasteiger partial charge in [-0.1, -0.05) is 40.2 Å². The molecule has 0 unspecified atom stereocenters. The molecule has 0 amide bonds. The van der Waals surface area contributed by atoms with Crippen LogP contribution in [0.25, 0.3) is 6.08 Å². The van der Waals surface area contributed by atoms with Gasteiger partial charge in [0, 0.05) is 10.0 Å². The molecule has 2 rings (SSSR count). The monoisotopic (exact) mass is 346 g/mol. The van der Waals surface area contributed by atoms with Crippen LogP contribution in [0.2, 0.25) is 0 Å². The van der Waals surface area contributed by atoms with Crippen molar-refractivity contribution in [2.24, 2.45) is 0 Å². The van der Waals surface area contributed by atoms with E-state index in [4.69, 9.17) is 4.74 Å². The Bertz CT molecular complexity index is 677. The van der Waals surface area contributed by atoms with E-state index >= 15 is 0 Å². The Morgan fingerprint density at radius 3 is 2.76 bits per heavy atom. The van der Waals surface area contributed by atoms with Gasteiger partial charge >= 0.3 is 0 Å². The molecule has 21 heavy (non-hydrogen) atoms. The van der Waals surface area contributed by atoms with Crippen molar-refractivity contribution >= 4 is 27.8 Å². The molecule has 0 saturated carbocycles. The SMILES string of the molecule is CCOc1cc(/C=C/C(=O)c2ccccc2Br)ccc1O. The summed E-state index contributed by atoms with van der Waals surface area (Å²) in [5.74, 6) is 0.410. The third kappa shape index (κ3) is 3.95. The third-order valence-corrected chi connectivity index (χ3v) is 3.54. The zero-order valence-electron chi connectivity index (χ0n) is 11.5. The molecule has 0 aliphatic rings. The van der Waals surface area contributed by atoms with E-state index in [1.807, 2.05) is 25.1 Å². The maximum absolute atomic E-state index is 12.1. The first-order valence-electron chi connectivity index (χ1n) is 6.54. The summed E-state index contributed by atoms with van der Waals surface area (Å²) in [7, 11) is 0. The van der Waals surface area contributed by atoms with Crippen molar-refractivity contribution in [1.82, 2.24) is 0 Å². The topological polar surface area (TPSA) is 46.5 Å². The van der Waals surface area contributed by atoms with Gasteiger partial charge in [-0.2, -0.15) is 0 Å². The van der Waals surface area contributed by atoms with E-state index in [-0.39, 0.29) is 11.5 Å². The molecule has 0 bridgehead atoms. The Morgan fingerprint density at radius 1 is 1.29 bits per heavy atom. The summed E-state index contributed by atoms with van der Waals surface area (Å²) >= 11 is 3.36. The van der Waals surface area contributed by atoms with Gasteiger partial charge in [0.15, 0.2) is 17.3 Å². The standard InChI is InChI=1S/C17H15BrO3/c1-2-21-17-11-12(8-10-16(17)20)7-9-15(19)13-5-3-4-6-14(13)18/h3-11,20H,2H2,1H3/b9-7+. The zero-order valence-corrected chi connectivity index (χ0v) is 13.1. The Balaban J connectivity index is 2.20. The summed E-state index contributed by atoms with van der Waals surface area (Å²) in [5, 5.41) is 9.64. The van der Waals surface area contributed by atoms with Crippen LogP contribution in [-0.2, 0) is 0 Å². The number of phenolic OH excluding ortho intramolecular Hbond substituents is 1. The van der Waals surface area contributed by atoms with Crippen molar-refractivity contribution in [3.63, 3.8) is 0 Å². The normalized spacial score (nSPS) is 10.8. The zero-order chi connectivity index (χ0) is 15.2. The minimum atomic E-state index is -0.0893. The van der Waals surface area contributed by atoms with Gasteiger partial charge in [-0.3, -0.25) is 4.79 Å². The molecule has 0 fully saturated rings. The number of ketones is 1. The lowest BCUT2D eigenvalue weighted by Crippen LogP contribution is -1.95. The van der Waals surface area contributed by atoms with Crippen molar-refractivity contribution < 1.29 is 14.6 Å². The molecule has 4 heteroatoms. The molecule has 1 N–H and O–H groups in total. The highest BCUT2D eigenvalue weighted by Crippen LogP contribution is 2.27. The number of hydrogen-bond donors (Lipinski definition) is 1. The van der Waals surface area contributed by atoms with Gasteiger partial charge in [0.25, 0.3) is 0 Å². The minimum Gasteiger partial charge on any atom is -0.504 e. The van der Waals surface area contributed by atoms with Crippen LogP contribution in [0.1, 0.15) is 22.8 Å². The van der Waals surface area contributed by atoms with Gasteiger partial charge in [0.1, 0.15) is 0 Å². The molecule has 0 aromatic heterocycles. The van der Waals surface area contributed by atoms with E-state index < -0.39 is 0 Å². The molecule has 108 valence electrons. The average Bonchev–Trinajstić information content (AvgIpc) is 2.48. The minimum absolute atomic E-state index is 0.0890. The Labute approximate surface area is 132 Å². The second-order valence-corrected chi connectivity index (χ2v) is 5.19. The van der Waals surface area contributed by atoms with Gasteiger partial charge in [-0.15, -0.1) is 0 Å². The van der Waals surface area contributed by atoms with Gasteiger partial charge < -0.3 is 9.84 Å². The highest BCUT2D eigenvalue weighted by atomic mass is 79.9. The second kappa shape index (κ2) is 7.09. The quantitative estimate of drug-likeness (QED) is 0.642. The number of ether oxygens (including phenoxy) is 1. The van der Waals surface area contributed by atoms with E-state index in [0.717, 1.165) is 10.0 Å². The largest absolute Gasteiger partial charge is 0.504 e. The molecule has 0 aliphatic carbocycles. The van der Waals surface area contributed by atoms with Crippen LogP contribution < -0.4 is 4.74 Å². The fraction of sp³-hybridized carbons (Fsp3) is 0.118. The average molecular weight is 347 g/mol. The fourth-order valence-electron chi connectivity index (χ4n) is 1.83. The van der Waals surface area contributed by atoms with Crippen LogP contribution in [0.15, 0.2) is 53.0 Å². The van der Waals surface area contributed by atoms with Crippen LogP contribution in [0, 0.1) is 0 Å². The first-order valence-corrected chi connectivity index (χ1v) is 7.34. The summed E-state index contributed by atoms with van der Waals surface area (Å²) < 4.78 is 6.08. The Kier molecular flexibility index (Phi) is 5.17. The lowest BCUT2D eigenvalue weighted by Gasteiger charge is -2.06. The summed E-state index contributed by atoms with van der Waals surface area (Å²) in [6, 6.07) is 12.2. The smallest absolute Gasteiger partial charge is 0.186 e. The van der Waals surface area contributed by atoms with Crippen molar-refractivity contribution in [2.75, 3.05) is 6.61 Å². The van der Waals surface area contributed by atoms with E-state index in [9.17, 15) is 9.90 Å². The number of carbonyl (C=O) groups is 1.